The highest BCUT2D eigenvalue weighted by atomic mass is 16.2. The first-order valence-corrected chi connectivity index (χ1v) is 11.6. The van der Waals surface area contributed by atoms with Crippen LogP contribution in [0.25, 0.3) is 10.9 Å². The summed E-state index contributed by atoms with van der Waals surface area (Å²) in [6.07, 6.45) is 0.970. The van der Waals surface area contributed by atoms with Crippen LogP contribution in [0.4, 0.5) is 0 Å². The van der Waals surface area contributed by atoms with Gasteiger partial charge < -0.3 is 19.3 Å². The van der Waals surface area contributed by atoms with Crippen molar-refractivity contribution in [2.75, 3.05) is 46.3 Å². The summed E-state index contributed by atoms with van der Waals surface area (Å²) in [6, 6.07) is 10.6. The first kappa shape index (κ1) is 22.6. The molecule has 1 amide bonds. The summed E-state index contributed by atoms with van der Waals surface area (Å²) in [5.41, 5.74) is 4.81. The minimum Gasteiger partial charge on any atom is -0.346 e. The number of rotatable bonds is 7. The van der Waals surface area contributed by atoms with Crippen molar-refractivity contribution in [2.45, 2.75) is 26.8 Å². The van der Waals surface area contributed by atoms with Gasteiger partial charge in [-0.05, 0) is 51.4 Å². The Bertz CT molecular complexity index is 1090. The minimum absolute atomic E-state index is 0.0803. The Morgan fingerprint density at radius 3 is 2.44 bits per heavy atom. The van der Waals surface area contributed by atoms with E-state index in [0.29, 0.717) is 6.54 Å². The van der Waals surface area contributed by atoms with E-state index in [9.17, 15) is 4.79 Å². The molecule has 32 heavy (non-hydrogen) atoms. The molecule has 1 saturated heterocycles. The molecule has 0 saturated carbocycles. The summed E-state index contributed by atoms with van der Waals surface area (Å²) in [5, 5.41) is 5.70. The van der Waals surface area contributed by atoms with Gasteiger partial charge in [0, 0.05) is 63.7 Å². The number of piperazine rings is 1. The van der Waals surface area contributed by atoms with Crippen molar-refractivity contribution in [2.24, 2.45) is 14.1 Å². The topological polar surface area (TPSA) is 49.5 Å². The van der Waals surface area contributed by atoms with Crippen LogP contribution < -0.4 is 0 Å². The molecule has 1 aliphatic rings. The molecule has 3 heterocycles. The smallest absolute Gasteiger partial charge is 0.257 e. The Kier molecular flexibility index (Phi) is 6.67. The highest BCUT2D eigenvalue weighted by Gasteiger charge is 2.24. The number of carbonyl (C=O) groups is 1. The molecule has 0 bridgehead atoms. The van der Waals surface area contributed by atoms with E-state index in [4.69, 9.17) is 0 Å². The summed E-state index contributed by atoms with van der Waals surface area (Å²) < 4.78 is 4.01. The minimum atomic E-state index is 0.0803. The highest BCUT2D eigenvalue weighted by molar-refractivity contribution is 5.96. The Hall–Kier alpha value is -2.64. The summed E-state index contributed by atoms with van der Waals surface area (Å²) in [4.78, 5) is 20.6. The van der Waals surface area contributed by atoms with E-state index in [2.05, 4.69) is 63.9 Å². The molecular formula is C25H36N6O. The lowest BCUT2D eigenvalue weighted by molar-refractivity contribution is 0.0724. The number of likely N-dealkylation sites (N-methyl/N-ethyl adjacent to an activating group) is 1. The number of aryl methyl sites for hydroxylation is 3. The first-order valence-electron chi connectivity index (χ1n) is 11.6. The molecule has 0 aliphatic carbocycles. The van der Waals surface area contributed by atoms with Gasteiger partial charge in [0.1, 0.15) is 0 Å². The molecule has 0 radical (unpaired) electrons. The molecule has 0 unspecified atom stereocenters. The third-order valence-electron chi connectivity index (χ3n) is 6.91. The lowest BCUT2D eigenvalue weighted by atomic mass is 10.1. The highest BCUT2D eigenvalue weighted by Crippen LogP contribution is 2.22. The standard InChI is InChI=1S/C25H36N6O/c1-19-24(20(2)29(5)26-19)25(32)31(12-8-11-30-15-13-27(3)14-16-30)18-22-17-21-9-6-7-10-23(21)28(22)4/h6-7,9-10,17H,8,11-16,18H2,1-5H3. The summed E-state index contributed by atoms with van der Waals surface area (Å²) >= 11 is 0. The zero-order chi connectivity index (χ0) is 22.8. The second-order valence-electron chi connectivity index (χ2n) is 9.15. The van der Waals surface area contributed by atoms with E-state index in [0.717, 1.165) is 68.3 Å². The van der Waals surface area contributed by atoms with Crippen LogP contribution in [0.3, 0.4) is 0 Å². The SMILES string of the molecule is Cc1nn(C)c(C)c1C(=O)N(CCCN1CCN(C)CC1)Cc1cc2ccccc2n1C. The van der Waals surface area contributed by atoms with Crippen molar-refractivity contribution in [1.82, 2.24) is 29.0 Å². The Labute approximate surface area is 191 Å². The summed E-state index contributed by atoms with van der Waals surface area (Å²) in [7, 11) is 6.17. The van der Waals surface area contributed by atoms with Gasteiger partial charge >= 0.3 is 0 Å². The van der Waals surface area contributed by atoms with Gasteiger partial charge in [-0.3, -0.25) is 9.48 Å². The Morgan fingerprint density at radius 1 is 1.06 bits per heavy atom. The lowest BCUT2D eigenvalue weighted by Gasteiger charge is -2.33. The molecular weight excluding hydrogens is 400 g/mol. The van der Waals surface area contributed by atoms with Crippen LogP contribution in [0.15, 0.2) is 30.3 Å². The van der Waals surface area contributed by atoms with Gasteiger partial charge in [-0.1, -0.05) is 18.2 Å². The number of benzene rings is 1. The molecule has 1 aliphatic heterocycles. The number of nitrogens with zero attached hydrogens (tertiary/aromatic N) is 6. The molecule has 0 atom stereocenters. The van der Waals surface area contributed by atoms with Gasteiger partial charge in [-0.25, -0.2) is 0 Å². The predicted octanol–water partition coefficient (Wildman–Crippen LogP) is 2.81. The van der Waals surface area contributed by atoms with Gasteiger partial charge in [0.2, 0.25) is 0 Å². The molecule has 1 fully saturated rings. The van der Waals surface area contributed by atoms with Crippen molar-refractivity contribution >= 4 is 16.8 Å². The fraction of sp³-hybridized carbons (Fsp3) is 0.520. The fourth-order valence-electron chi connectivity index (χ4n) is 4.74. The van der Waals surface area contributed by atoms with Crippen LogP contribution in [-0.2, 0) is 20.6 Å². The van der Waals surface area contributed by atoms with Crippen molar-refractivity contribution in [3.05, 3.63) is 53.0 Å². The molecule has 7 heteroatoms. The molecule has 3 aromatic rings. The third kappa shape index (κ3) is 4.59. The number of carbonyl (C=O) groups excluding carboxylic acids is 1. The van der Waals surface area contributed by atoms with E-state index in [1.54, 1.807) is 0 Å². The zero-order valence-electron chi connectivity index (χ0n) is 20.1. The molecule has 172 valence electrons. The van der Waals surface area contributed by atoms with Crippen LogP contribution in [-0.4, -0.2) is 81.3 Å². The van der Waals surface area contributed by atoms with Gasteiger partial charge in [0.15, 0.2) is 0 Å². The average Bonchev–Trinajstić information content (AvgIpc) is 3.23. The number of aromatic nitrogens is 3. The quantitative estimate of drug-likeness (QED) is 0.572. The second kappa shape index (κ2) is 9.46. The third-order valence-corrected chi connectivity index (χ3v) is 6.91. The van der Waals surface area contributed by atoms with Gasteiger partial charge in [-0.2, -0.15) is 5.10 Å². The lowest BCUT2D eigenvalue weighted by Crippen LogP contribution is -2.45. The normalized spacial score (nSPS) is 15.5. The first-order chi connectivity index (χ1) is 15.3. The van der Waals surface area contributed by atoms with E-state index in [1.165, 1.54) is 10.9 Å². The molecule has 1 aromatic carbocycles. The fourth-order valence-corrected chi connectivity index (χ4v) is 4.74. The van der Waals surface area contributed by atoms with Gasteiger partial charge in [0.25, 0.3) is 5.91 Å². The van der Waals surface area contributed by atoms with Crippen LogP contribution in [0, 0.1) is 13.8 Å². The molecule has 0 N–H and O–H groups in total. The van der Waals surface area contributed by atoms with Gasteiger partial charge in [0.05, 0.1) is 17.8 Å². The Morgan fingerprint density at radius 2 is 1.78 bits per heavy atom. The molecule has 0 spiro atoms. The van der Waals surface area contributed by atoms with E-state index in [1.807, 2.05) is 30.5 Å². The average molecular weight is 437 g/mol. The maximum Gasteiger partial charge on any atom is 0.257 e. The second-order valence-corrected chi connectivity index (χ2v) is 9.15. The zero-order valence-corrected chi connectivity index (χ0v) is 20.1. The number of hydrogen-bond donors (Lipinski definition) is 0. The van der Waals surface area contributed by atoms with Crippen molar-refractivity contribution in [1.29, 1.82) is 0 Å². The number of hydrogen-bond acceptors (Lipinski definition) is 4. The monoisotopic (exact) mass is 436 g/mol. The van der Waals surface area contributed by atoms with Crippen LogP contribution in [0.1, 0.15) is 33.9 Å². The van der Waals surface area contributed by atoms with Crippen molar-refractivity contribution < 1.29 is 4.79 Å². The maximum atomic E-state index is 13.7. The van der Waals surface area contributed by atoms with Crippen molar-refractivity contribution in [3.8, 4) is 0 Å². The summed E-state index contributed by atoms with van der Waals surface area (Å²) in [6.45, 7) is 10.7. The molecule has 4 rings (SSSR count). The Balaban J connectivity index is 1.54. The van der Waals surface area contributed by atoms with E-state index in [-0.39, 0.29) is 5.91 Å². The number of amides is 1. The maximum absolute atomic E-state index is 13.7. The largest absolute Gasteiger partial charge is 0.346 e. The molecule has 7 nitrogen and oxygen atoms in total. The van der Waals surface area contributed by atoms with E-state index < -0.39 is 0 Å². The van der Waals surface area contributed by atoms with Crippen LogP contribution in [0.5, 0.6) is 0 Å². The molecule has 2 aromatic heterocycles. The number of fused-ring (bicyclic) bond motifs is 1. The van der Waals surface area contributed by atoms with E-state index >= 15 is 0 Å². The van der Waals surface area contributed by atoms with Gasteiger partial charge in [-0.15, -0.1) is 0 Å². The van der Waals surface area contributed by atoms with Crippen LogP contribution in [0.2, 0.25) is 0 Å². The number of para-hydroxylation sites is 1. The summed E-state index contributed by atoms with van der Waals surface area (Å²) in [5.74, 6) is 0.0803. The van der Waals surface area contributed by atoms with Crippen molar-refractivity contribution in [3.63, 3.8) is 0 Å². The predicted molar refractivity (Wildman–Crippen MR) is 129 cm³/mol. The van der Waals surface area contributed by atoms with Crippen LogP contribution >= 0.6 is 0 Å².